The molecule has 0 saturated heterocycles. The number of alkyl carbamates (subject to hydrolysis) is 1. The number of halogens is 1. The lowest BCUT2D eigenvalue weighted by Gasteiger charge is -2.29. The van der Waals surface area contributed by atoms with E-state index >= 15 is 0 Å². The zero-order valence-corrected chi connectivity index (χ0v) is 26.1. The average Bonchev–Trinajstić information content (AvgIpc) is 2.71. The molecule has 1 rings (SSSR count). The first-order valence-electron chi connectivity index (χ1n) is 12.6. The summed E-state index contributed by atoms with van der Waals surface area (Å²) in [5.74, 6) is -2.19. The van der Waals surface area contributed by atoms with E-state index in [-0.39, 0.29) is 12.3 Å². The van der Waals surface area contributed by atoms with E-state index in [9.17, 15) is 19.2 Å². The van der Waals surface area contributed by atoms with E-state index in [1.807, 2.05) is 22.6 Å². The first-order chi connectivity index (χ1) is 17.3. The third-order valence-corrected chi connectivity index (χ3v) is 5.24. The SMILES string of the molecule is CC(C)(C)OC(=O)N[C@@H](C[C@H](CCCNC(=O)c1ccnc(I)c1)C(=O)OC(C)(C)C)C(=O)OC(C)(C)C. The van der Waals surface area contributed by atoms with Gasteiger partial charge in [0.25, 0.3) is 5.91 Å². The summed E-state index contributed by atoms with van der Waals surface area (Å²) in [7, 11) is 0. The van der Waals surface area contributed by atoms with Crippen molar-refractivity contribution in [2.45, 2.75) is 104 Å². The van der Waals surface area contributed by atoms with Gasteiger partial charge in [-0.15, -0.1) is 0 Å². The number of nitrogens with zero attached hydrogens (tertiary/aromatic N) is 1. The molecular weight excluding hydrogens is 605 g/mol. The van der Waals surface area contributed by atoms with E-state index < -0.39 is 46.8 Å². The van der Waals surface area contributed by atoms with E-state index in [2.05, 4.69) is 15.6 Å². The maximum atomic E-state index is 13.1. The molecule has 0 saturated carbocycles. The summed E-state index contributed by atoms with van der Waals surface area (Å²) >= 11 is 2.03. The third kappa shape index (κ3) is 14.5. The highest BCUT2D eigenvalue weighted by atomic mass is 127. The van der Waals surface area contributed by atoms with Gasteiger partial charge in [0, 0.05) is 18.3 Å². The molecule has 38 heavy (non-hydrogen) atoms. The van der Waals surface area contributed by atoms with Crippen molar-refractivity contribution in [3.05, 3.63) is 27.6 Å². The number of hydrogen-bond acceptors (Lipinski definition) is 8. The molecule has 0 radical (unpaired) electrons. The largest absolute Gasteiger partial charge is 0.460 e. The summed E-state index contributed by atoms with van der Waals surface area (Å²) < 4.78 is 17.1. The van der Waals surface area contributed by atoms with Crippen molar-refractivity contribution in [3.63, 3.8) is 0 Å². The molecule has 10 nitrogen and oxygen atoms in total. The molecule has 11 heteroatoms. The number of aromatic nitrogens is 1. The summed E-state index contributed by atoms with van der Waals surface area (Å²) in [5, 5.41) is 5.39. The smallest absolute Gasteiger partial charge is 0.408 e. The predicted octanol–water partition coefficient (Wildman–Crippen LogP) is 4.78. The van der Waals surface area contributed by atoms with E-state index in [0.29, 0.717) is 28.7 Å². The molecule has 1 heterocycles. The van der Waals surface area contributed by atoms with Gasteiger partial charge in [0.05, 0.1) is 5.92 Å². The molecule has 2 amide bonds. The molecule has 1 aromatic rings. The molecule has 0 aliphatic carbocycles. The number of carbonyl (C=O) groups excluding carboxylic acids is 4. The van der Waals surface area contributed by atoms with Crippen molar-refractivity contribution in [2.24, 2.45) is 5.92 Å². The monoisotopic (exact) mass is 647 g/mol. The summed E-state index contributed by atoms with van der Waals surface area (Å²) in [6.45, 7) is 15.8. The number of nitrogens with one attached hydrogen (secondary N) is 2. The molecule has 0 spiro atoms. The average molecular weight is 648 g/mol. The Kier molecular flexibility index (Phi) is 12.5. The van der Waals surface area contributed by atoms with Crippen LogP contribution in [0.3, 0.4) is 0 Å². The number of ether oxygens (including phenoxy) is 3. The molecule has 0 aliphatic heterocycles. The van der Waals surface area contributed by atoms with E-state index in [4.69, 9.17) is 14.2 Å². The van der Waals surface area contributed by atoms with Crippen LogP contribution >= 0.6 is 22.6 Å². The van der Waals surface area contributed by atoms with Gasteiger partial charge in [-0.1, -0.05) is 0 Å². The van der Waals surface area contributed by atoms with Crippen molar-refractivity contribution in [1.29, 1.82) is 0 Å². The molecular formula is C27H42IN3O7. The molecule has 0 unspecified atom stereocenters. The quantitative estimate of drug-likeness (QED) is 0.122. The van der Waals surface area contributed by atoms with Crippen LogP contribution in [-0.4, -0.2) is 58.3 Å². The van der Waals surface area contributed by atoms with Crippen LogP contribution in [0, 0.1) is 9.62 Å². The fourth-order valence-electron chi connectivity index (χ4n) is 3.23. The minimum absolute atomic E-state index is 0.0560. The van der Waals surface area contributed by atoms with Gasteiger partial charge in [-0.2, -0.15) is 0 Å². The second kappa shape index (κ2) is 14.1. The van der Waals surface area contributed by atoms with Gasteiger partial charge in [-0.25, -0.2) is 9.59 Å². The Balaban J connectivity index is 3.01. The first-order valence-corrected chi connectivity index (χ1v) is 13.7. The van der Waals surface area contributed by atoms with Gasteiger partial charge < -0.3 is 24.8 Å². The fraction of sp³-hybridized carbons (Fsp3) is 0.667. The summed E-state index contributed by atoms with van der Waals surface area (Å²) in [5.41, 5.74) is -1.85. The van der Waals surface area contributed by atoms with Crippen LogP contribution in [0.2, 0.25) is 0 Å². The zero-order chi connectivity index (χ0) is 29.3. The zero-order valence-electron chi connectivity index (χ0n) is 23.9. The van der Waals surface area contributed by atoms with Gasteiger partial charge >= 0.3 is 18.0 Å². The van der Waals surface area contributed by atoms with Crippen LogP contribution < -0.4 is 10.6 Å². The van der Waals surface area contributed by atoms with Gasteiger partial charge in [-0.05, 0) is 116 Å². The van der Waals surface area contributed by atoms with Crippen LogP contribution in [0.5, 0.6) is 0 Å². The van der Waals surface area contributed by atoms with E-state index in [0.717, 1.165) is 0 Å². The molecule has 0 aliphatic rings. The molecule has 0 fully saturated rings. The van der Waals surface area contributed by atoms with E-state index in [1.54, 1.807) is 80.6 Å². The Hall–Kier alpha value is -2.44. The number of carbonyl (C=O) groups is 4. The van der Waals surface area contributed by atoms with Crippen molar-refractivity contribution < 1.29 is 33.4 Å². The maximum absolute atomic E-state index is 13.1. The van der Waals surface area contributed by atoms with Crippen molar-refractivity contribution in [3.8, 4) is 0 Å². The number of amides is 2. The molecule has 214 valence electrons. The van der Waals surface area contributed by atoms with Gasteiger partial charge in [0.2, 0.25) is 0 Å². The first kappa shape index (κ1) is 33.6. The van der Waals surface area contributed by atoms with Gasteiger partial charge in [0.1, 0.15) is 26.5 Å². The number of esters is 2. The second-order valence-electron chi connectivity index (χ2n) is 12.0. The van der Waals surface area contributed by atoms with Crippen molar-refractivity contribution in [2.75, 3.05) is 6.54 Å². The van der Waals surface area contributed by atoms with Crippen molar-refractivity contribution in [1.82, 2.24) is 15.6 Å². The number of rotatable bonds is 10. The van der Waals surface area contributed by atoms with Crippen LogP contribution in [0.1, 0.15) is 91.9 Å². The second-order valence-corrected chi connectivity index (χ2v) is 13.1. The summed E-state index contributed by atoms with van der Waals surface area (Å²) in [4.78, 5) is 55.1. The maximum Gasteiger partial charge on any atom is 0.408 e. The Morgan fingerprint density at radius 3 is 1.97 bits per heavy atom. The molecule has 2 N–H and O–H groups in total. The Morgan fingerprint density at radius 1 is 0.895 bits per heavy atom. The summed E-state index contributed by atoms with van der Waals surface area (Å²) in [6.07, 6.45) is 1.45. The third-order valence-electron chi connectivity index (χ3n) is 4.65. The predicted molar refractivity (Wildman–Crippen MR) is 151 cm³/mol. The van der Waals surface area contributed by atoms with Gasteiger partial charge in [0.15, 0.2) is 0 Å². The van der Waals surface area contributed by atoms with Crippen LogP contribution in [0.25, 0.3) is 0 Å². The lowest BCUT2D eigenvalue weighted by Crippen LogP contribution is -2.47. The Morgan fingerprint density at radius 2 is 1.45 bits per heavy atom. The van der Waals surface area contributed by atoms with Crippen LogP contribution in [0.4, 0.5) is 4.79 Å². The lowest BCUT2D eigenvalue weighted by molar-refractivity contribution is -0.163. The standard InChI is InChI=1S/C27H42IN3O7/c1-25(2,3)36-22(33)18(11-10-13-30-21(32)17-12-14-29-20(28)16-17)15-19(23(34)37-26(4,5)6)31-24(35)38-27(7,8)9/h12,14,16,18-19H,10-11,13,15H2,1-9H3,(H,30,32)(H,31,35)/t18-,19-/m0/s1. The highest BCUT2D eigenvalue weighted by Gasteiger charge is 2.34. The lowest BCUT2D eigenvalue weighted by atomic mass is 9.94. The Labute approximate surface area is 239 Å². The number of hydrogen-bond donors (Lipinski definition) is 2. The molecule has 0 bridgehead atoms. The summed E-state index contributed by atoms with van der Waals surface area (Å²) in [6, 6.07) is 2.15. The van der Waals surface area contributed by atoms with Crippen LogP contribution in [-0.2, 0) is 23.8 Å². The highest BCUT2D eigenvalue weighted by molar-refractivity contribution is 14.1. The highest BCUT2D eigenvalue weighted by Crippen LogP contribution is 2.22. The minimum atomic E-state index is -1.14. The molecule has 1 aromatic heterocycles. The fourth-order valence-corrected chi connectivity index (χ4v) is 3.73. The van der Waals surface area contributed by atoms with Crippen molar-refractivity contribution >= 4 is 46.5 Å². The van der Waals surface area contributed by atoms with E-state index in [1.165, 1.54) is 0 Å². The topological polar surface area (TPSA) is 133 Å². The number of pyridine rings is 1. The normalized spacial score (nSPS) is 13.6. The molecule has 0 aromatic carbocycles. The minimum Gasteiger partial charge on any atom is -0.460 e. The van der Waals surface area contributed by atoms with Crippen LogP contribution in [0.15, 0.2) is 18.3 Å². The molecule has 2 atom stereocenters. The van der Waals surface area contributed by atoms with Gasteiger partial charge in [-0.3, -0.25) is 14.6 Å². The Bertz CT molecular complexity index is 978.